The van der Waals surface area contributed by atoms with E-state index in [-0.39, 0.29) is 6.03 Å². The van der Waals surface area contributed by atoms with Crippen molar-refractivity contribution < 1.29 is 4.79 Å². The number of aryl methyl sites for hydroxylation is 1. The summed E-state index contributed by atoms with van der Waals surface area (Å²) in [7, 11) is 6.10. The number of likely N-dealkylation sites (tertiary alicyclic amines) is 1. The van der Waals surface area contributed by atoms with E-state index in [1.165, 1.54) is 12.8 Å². The van der Waals surface area contributed by atoms with E-state index in [2.05, 4.69) is 34.4 Å². The molecule has 1 saturated heterocycles. The highest BCUT2D eigenvalue weighted by Crippen LogP contribution is 2.56. The maximum atomic E-state index is 12.8. The Morgan fingerprint density at radius 3 is 2.85 bits per heavy atom. The van der Waals surface area contributed by atoms with Crippen LogP contribution in [0.15, 0.2) is 30.7 Å². The molecule has 2 fully saturated rings. The number of carbonyl (C=O) groups excluding carboxylic acids is 1. The standard InChI is InChI=1S/C19H26N6O/c1-23(2)11-16-12-25(13-19(16)5-6-19)18(26)22-17-8-14(4-7-20-17)15-9-21-24(3)10-15/h4,7-10,16H,5-6,11-13H2,1-3H3,(H,20,22,26). The summed E-state index contributed by atoms with van der Waals surface area (Å²) < 4.78 is 1.76. The first-order valence-corrected chi connectivity index (χ1v) is 9.11. The van der Waals surface area contributed by atoms with Gasteiger partial charge in [0.1, 0.15) is 5.82 Å². The number of urea groups is 1. The fourth-order valence-electron chi connectivity index (χ4n) is 4.04. The zero-order chi connectivity index (χ0) is 18.3. The number of anilines is 1. The van der Waals surface area contributed by atoms with E-state index >= 15 is 0 Å². The summed E-state index contributed by atoms with van der Waals surface area (Å²) in [6.45, 7) is 2.73. The van der Waals surface area contributed by atoms with Crippen molar-refractivity contribution in [1.29, 1.82) is 0 Å². The van der Waals surface area contributed by atoms with Crippen molar-refractivity contribution in [2.45, 2.75) is 12.8 Å². The van der Waals surface area contributed by atoms with Crippen LogP contribution in [0, 0.1) is 11.3 Å². The SMILES string of the molecule is CN(C)CC1CN(C(=O)Nc2cc(-c3cnn(C)c3)ccn2)CC12CC2. The van der Waals surface area contributed by atoms with Gasteiger partial charge >= 0.3 is 6.03 Å². The molecule has 2 aromatic heterocycles. The first-order chi connectivity index (χ1) is 12.4. The second kappa shape index (κ2) is 6.39. The molecule has 1 N–H and O–H groups in total. The molecule has 2 aromatic rings. The number of rotatable bonds is 4. The molecule has 0 aromatic carbocycles. The second-order valence-corrected chi connectivity index (χ2v) is 7.96. The largest absolute Gasteiger partial charge is 0.324 e. The number of nitrogens with one attached hydrogen (secondary N) is 1. The fourth-order valence-corrected chi connectivity index (χ4v) is 4.04. The quantitative estimate of drug-likeness (QED) is 0.915. The number of amides is 2. The summed E-state index contributed by atoms with van der Waals surface area (Å²) in [5, 5.41) is 7.17. The third-order valence-electron chi connectivity index (χ3n) is 5.61. The summed E-state index contributed by atoms with van der Waals surface area (Å²) in [5.41, 5.74) is 2.36. The molecule has 26 heavy (non-hydrogen) atoms. The summed E-state index contributed by atoms with van der Waals surface area (Å²) in [6, 6.07) is 3.78. The molecule has 2 amide bonds. The van der Waals surface area contributed by atoms with Crippen molar-refractivity contribution in [2.24, 2.45) is 18.4 Å². The molecule has 1 spiro atoms. The first kappa shape index (κ1) is 17.0. The number of hydrogen-bond donors (Lipinski definition) is 1. The lowest BCUT2D eigenvalue weighted by molar-refractivity contribution is 0.218. The molecule has 2 aliphatic rings. The van der Waals surface area contributed by atoms with E-state index in [9.17, 15) is 4.79 Å². The predicted octanol–water partition coefficient (Wildman–Crippen LogP) is 2.29. The number of aromatic nitrogens is 3. The normalized spacial score (nSPS) is 20.8. The Morgan fingerprint density at radius 2 is 2.19 bits per heavy atom. The maximum absolute atomic E-state index is 12.8. The highest BCUT2D eigenvalue weighted by atomic mass is 16.2. The highest BCUT2D eigenvalue weighted by Gasteiger charge is 2.55. The van der Waals surface area contributed by atoms with Crippen molar-refractivity contribution in [1.82, 2.24) is 24.6 Å². The van der Waals surface area contributed by atoms with Gasteiger partial charge in [-0.15, -0.1) is 0 Å². The molecule has 0 bridgehead atoms. The van der Waals surface area contributed by atoms with Gasteiger partial charge in [0.25, 0.3) is 0 Å². The summed E-state index contributed by atoms with van der Waals surface area (Å²) in [4.78, 5) is 21.3. The maximum Gasteiger partial charge on any atom is 0.323 e. The van der Waals surface area contributed by atoms with Gasteiger partial charge in [0.15, 0.2) is 0 Å². The highest BCUT2D eigenvalue weighted by molar-refractivity contribution is 5.89. The van der Waals surface area contributed by atoms with Crippen LogP contribution >= 0.6 is 0 Å². The monoisotopic (exact) mass is 354 g/mol. The van der Waals surface area contributed by atoms with Gasteiger partial charge in [0, 0.05) is 44.6 Å². The molecule has 0 radical (unpaired) electrons. The summed E-state index contributed by atoms with van der Waals surface area (Å²) in [6.07, 6.45) is 7.96. The molecule has 3 heterocycles. The number of nitrogens with zero attached hydrogens (tertiary/aromatic N) is 5. The molecular weight excluding hydrogens is 328 g/mol. The Balaban J connectivity index is 1.44. The van der Waals surface area contributed by atoms with Gasteiger partial charge in [0.05, 0.1) is 6.20 Å². The molecule has 1 aliphatic heterocycles. The van der Waals surface area contributed by atoms with Gasteiger partial charge < -0.3 is 9.80 Å². The lowest BCUT2D eigenvalue weighted by atomic mass is 9.93. The molecule has 7 heteroatoms. The van der Waals surface area contributed by atoms with Crippen LogP contribution in [-0.4, -0.2) is 64.3 Å². The molecule has 1 aliphatic carbocycles. The lowest BCUT2D eigenvalue weighted by Crippen LogP contribution is -2.34. The smallest absolute Gasteiger partial charge is 0.323 e. The van der Waals surface area contributed by atoms with Crippen LogP contribution in [0.2, 0.25) is 0 Å². The summed E-state index contributed by atoms with van der Waals surface area (Å²) in [5.74, 6) is 1.15. The Morgan fingerprint density at radius 1 is 1.38 bits per heavy atom. The Hall–Kier alpha value is -2.41. The Bertz CT molecular complexity index is 810. The molecule has 7 nitrogen and oxygen atoms in total. The number of carbonyl (C=O) groups is 1. The van der Waals surface area contributed by atoms with Gasteiger partial charge in [-0.2, -0.15) is 5.10 Å². The summed E-state index contributed by atoms with van der Waals surface area (Å²) >= 11 is 0. The van der Waals surface area contributed by atoms with Crippen LogP contribution in [0.3, 0.4) is 0 Å². The predicted molar refractivity (Wildman–Crippen MR) is 101 cm³/mol. The van der Waals surface area contributed by atoms with E-state index in [0.29, 0.717) is 17.2 Å². The van der Waals surface area contributed by atoms with Crippen molar-refractivity contribution in [3.05, 3.63) is 30.7 Å². The van der Waals surface area contributed by atoms with Crippen LogP contribution in [0.5, 0.6) is 0 Å². The molecule has 1 unspecified atom stereocenters. The number of pyridine rings is 1. The molecule has 138 valence electrons. The van der Waals surface area contributed by atoms with Gasteiger partial charge in [-0.05, 0) is 56.0 Å². The molecule has 1 atom stereocenters. The van der Waals surface area contributed by atoms with Crippen molar-refractivity contribution in [3.63, 3.8) is 0 Å². The van der Waals surface area contributed by atoms with Gasteiger partial charge in [-0.3, -0.25) is 10.00 Å². The van der Waals surface area contributed by atoms with E-state index in [1.54, 1.807) is 10.9 Å². The van der Waals surface area contributed by atoms with Gasteiger partial charge in [-0.25, -0.2) is 9.78 Å². The lowest BCUT2D eigenvalue weighted by Gasteiger charge is -2.20. The Labute approximate surface area is 154 Å². The molecule has 4 rings (SSSR count). The molecular formula is C19H26N6O. The second-order valence-electron chi connectivity index (χ2n) is 7.96. The van der Waals surface area contributed by atoms with Crippen molar-refractivity contribution >= 4 is 11.8 Å². The minimum absolute atomic E-state index is 0.0478. The third kappa shape index (κ3) is 3.31. The van der Waals surface area contributed by atoms with E-state index in [0.717, 1.165) is 30.8 Å². The fraction of sp³-hybridized carbons (Fsp3) is 0.526. The van der Waals surface area contributed by atoms with E-state index in [1.807, 2.05) is 36.5 Å². The van der Waals surface area contributed by atoms with Crippen LogP contribution in [0.4, 0.5) is 10.6 Å². The van der Waals surface area contributed by atoms with Crippen LogP contribution in [0.25, 0.3) is 11.1 Å². The zero-order valence-corrected chi connectivity index (χ0v) is 15.6. The average molecular weight is 354 g/mol. The first-order valence-electron chi connectivity index (χ1n) is 9.11. The van der Waals surface area contributed by atoms with Crippen molar-refractivity contribution in [3.8, 4) is 11.1 Å². The van der Waals surface area contributed by atoms with Crippen LogP contribution < -0.4 is 5.32 Å². The average Bonchev–Trinajstić information content (AvgIpc) is 3.10. The third-order valence-corrected chi connectivity index (χ3v) is 5.61. The minimum Gasteiger partial charge on any atom is -0.324 e. The zero-order valence-electron chi connectivity index (χ0n) is 15.6. The molecule has 1 saturated carbocycles. The number of hydrogen-bond acceptors (Lipinski definition) is 4. The topological polar surface area (TPSA) is 66.3 Å². The minimum atomic E-state index is -0.0478. The Kier molecular flexibility index (Phi) is 4.19. The van der Waals surface area contributed by atoms with Gasteiger partial charge in [0.2, 0.25) is 0 Å². The van der Waals surface area contributed by atoms with Gasteiger partial charge in [-0.1, -0.05) is 0 Å². The van der Waals surface area contributed by atoms with Crippen molar-refractivity contribution in [2.75, 3.05) is 39.0 Å². The van der Waals surface area contributed by atoms with Crippen LogP contribution in [-0.2, 0) is 7.05 Å². The van der Waals surface area contributed by atoms with Crippen LogP contribution in [0.1, 0.15) is 12.8 Å². The van der Waals surface area contributed by atoms with E-state index in [4.69, 9.17) is 0 Å². The van der Waals surface area contributed by atoms with E-state index < -0.39 is 0 Å².